The summed E-state index contributed by atoms with van der Waals surface area (Å²) in [5, 5.41) is 3.22. The molecule has 0 aromatic rings. The van der Waals surface area contributed by atoms with Crippen molar-refractivity contribution in [2.24, 2.45) is 23.5 Å². The summed E-state index contributed by atoms with van der Waals surface area (Å²) in [6.07, 6.45) is 7.32. The van der Waals surface area contributed by atoms with Crippen molar-refractivity contribution in [2.45, 2.75) is 64.3 Å². The quantitative estimate of drug-likeness (QED) is 0.783. The van der Waals surface area contributed by atoms with E-state index < -0.39 is 5.54 Å². The third-order valence-electron chi connectivity index (χ3n) is 5.16. The van der Waals surface area contributed by atoms with Gasteiger partial charge in [-0.1, -0.05) is 32.5 Å². The molecule has 2 atom stereocenters. The molecule has 0 aromatic carbocycles. The molecule has 2 aliphatic rings. The van der Waals surface area contributed by atoms with E-state index in [2.05, 4.69) is 19.2 Å². The lowest BCUT2D eigenvalue weighted by molar-refractivity contribution is -0.127. The Kier molecular flexibility index (Phi) is 4.49. The minimum atomic E-state index is -0.415. The summed E-state index contributed by atoms with van der Waals surface area (Å²) in [5.74, 6) is 1.54. The van der Waals surface area contributed by atoms with E-state index in [0.717, 1.165) is 44.9 Å². The van der Waals surface area contributed by atoms with Crippen molar-refractivity contribution in [2.75, 3.05) is 0 Å². The Morgan fingerprint density at radius 2 is 1.84 bits per heavy atom. The molecule has 2 rings (SSSR count). The Morgan fingerprint density at radius 1 is 1.21 bits per heavy atom. The van der Waals surface area contributed by atoms with Crippen LogP contribution in [0.2, 0.25) is 0 Å². The van der Waals surface area contributed by atoms with E-state index in [4.69, 9.17) is 18.0 Å². The lowest BCUT2D eigenvalue weighted by Gasteiger charge is -2.40. The van der Waals surface area contributed by atoms with E-state index in [1.165, 1.54) is 0 Å². The molecular formula is C15H26N2OS. The normalized spacial score (nSPS) is 38.9. The maximum Gasteiger partial charge on any atom is 0.224 e. The number of nitrogens with one attached hydrogen (secondary N) is 1. The van der Waals surface area contributed by atoms with Gasteiger partial charge in [-0.15, -0.1) is 0 Å². The molecule has 2 saturated carbocycles. The fraction of sp³-hybridized carbons (Fsp3) is 0.867. The highest BCUT2D eigenvalue weighted by atomic mass is 32.1. The molecule has 4 heteroatoms. The van der Waals surface area contributed by atoms with Gasteiger partial charge in [0, 0.05) is 5.92 Å². The van der Waals surface area contributed by atoms with E-state index >= 15 is 0 Å². The van der Waals surface area contributed by atoms with Gasteiger partial charge in [-0.25, -0.2) is 0 Å². The number of hydrogen-bond donors (Lipinski definition) is 2. The van der Waals surface area contributed by atoms with Gasteiger partial charge in [0.05, 0.1) is 10.5 Å². The van der Waals surface area contributed by atoms with Gasteiger partial charge in [0.25, 0.3) is 0 Å². The number of carbonyl (C=O) groups is 1. The van der Waals surface area contributed by atoms with Crippen LogP contribution < -0.4 is 11.1 Å². The molecule has 0 spiro atoms. The zero-order valence-electron chi connectivity index (χ0n) is 12.1. The Bertz CT molecular complexity index is 361. The Morgan fingerprint density at radius 3 is 2.32 bits per heavy atom. The van der Waals surface area contributed by atoms with Gasteiger partial charge in [0.2, 0.25) is 5.91 Å². The summed E-state index contributed by atoms with van der Waals surface area (Å²) < 4.78 is 0. The van der Waals surface area contributed by atoms with Crippen LogP contribution in [0.15, 0.2) is 0 Å². The first-order valence-corrected chi connectivity index (χ1v) is 7.97. The fourth-order valence-corrected chi connectivity index (χ4v) is 3.81. The lowest BCUT2D eigenvalue weighted by Crippen LogP contribution is -2.59. The van der Waals surface area contributed by atoms with E-state index in [1.54, 1.807) is 0 Å². The van der Waals surface area contributed by atoms with Crippen LogP contribution in [-0.4, -0.2) is 16.4 Å². The summed E-state index contributed by atoms with van der Waals surface area (Å²) >= 11 is 5.25. The molecule has 2 fully saturated rings. The maximum atomic E-state index is 12.5. The standard InChI is InChI=1S/C15H26N2OS/c1-10-6-8-15(9-7-10,14(16)19)17-13(18)12-5-3-4-11(12)2/h10-12H,3-9H2,1-2H3,(H2,16,19)(H,17,18). The van der Waals surface area contributed by atoms with Gasteiger partial charge < -0.3 is 11.1 Å². The summed E-state index contributed by atoms with van der Waals surface area (Å²) in [7, 11) is 0. The third kappa shape index (κ3) is 3.10. The SMILES string of the molecule is CC1CCC(NC(=O)C2CCCC2C)(C(N)=S)CC1. The van der Waals surface area contributed by atoms with Crippen molar-refractivity contribution < 1.29 is 4.79 Å². The molecule has 0 bridgehead atoms. The topological polar surface area (TPSA) is 55.1 Å². The average molecular weight is 282 g/mol. The number of hydrogen-bond acceptors (Lipinski definition) is 2. The largest absolute Gasteiger partial charge is 0.391 e. The second-order valence-electron chi connectivity index (χ2n) is 6.63. The number of rotatable bonds is 3. The molecule has 2 unspecified atom stereocenters. The number of amides is 1. The molecule has 3 nitrogen and oxygen atoms in total. The van der Waals surface area contributed by atoms with Crippen LogP contribution >= 0.6 is 12.2 Å². The summed E-state index contributed by atoms with van der Waals surface area (Å²) in [6, 6.07) is 0. The Hall–Kier alpha value is -0.640. The summed E-state index contributed by atoms with van der Waals surface area (Å²) in [4.78, 5) is 13.0. The summed E-state index contributed by atoms with van der Waals surface area (Å²) in [5.41, 5.74) is 5.53. The molecular weight excluding hydrogens is 256 g/mol. The molecule has 3 N–H and O–H groups in total. The van der Waals surface area contributed by atoms with E-state index in [1.807, 2.05) is 0 Å². The second-order valence-corrected chi connectivity index (χ2v) is 7.07. The first-order chi connectivity index (χ1) is 8.94. The van der Waals surface area contributed by atoms with Crippen molar-refractivity contribution in [1.82, 2.24) is 5.32 Å². The molecule has 108 valence electrons. The molecule has 0 aliphatic heterocycles. The second kappa shape index (κ2) is 5.78. The predicted octanol–water partition coefficient (Wildman–Crippen LogP) is 2.77. The van der Waals surface area contributed by atoms with E-state index in [9.17, 15) is 4.79 Å². The van der Waals surface area contributed by atoms with Gasteiger partial charge in [-0.3, -0.25) is 4.79 Å². The van der Waals surface area contributed by atoms with Crippen LogP contribution in [0.5, 0.6) is 0 Å². The van der Waals surface area contributed by atoms with Crippen molar-refractivity contribution in [3.8, 4) is 0 Å². The zero-order valence-corrected chi connectivity index (χ0v) is 12.9. The van der Waals surface area contributed by atoms with Crippen LogP contribution in [0.4, 0.5) is 0 Å². The molecule has 0 aromatic heterocycles. The highest BCUT2D eigenvalue weighted by Gasteiger charge is 2.41. The van der Waals surface area contributed by atoms with Gasteiger partial charge in [-0.2, -0.15) is 0 Å². The van der Waals surface area contributed by atoms with E-state index in [-0.39, 0.29) is 11.8 Å². The highest BCUT2D eigenvalue weighted by molar-refractivity contribution is 7.80. The Balaban J connectivity index is 2.04. The fourth-order valence-electron chi connectivity index (χ4n) is 3.55. The highest BCUT2D eigenvalue weighted by Crippen LogP contribution is 2.35. The van der Waals surface area contributed by atoms with Crippen molar-refractivity contribution >= 4 is 23.1 Å². The molecule has 0 saturated heterocycles. The van der Waals surface area contributed by atoms with Crippen LogP contribution in [-0.2, 0) is 4.79 Å². The molecule has 2 aliphatic carbocycles. The van der Waals surface area contributed by atoms with Crippen molar-refractivity contribution in [3.05, 3.63) is 0 Å². The minimum Gasteiger partial charge on any atom is -0.391 e. The summed E-state index contributed by atoms with van der Waals surface area (Å²) in [6.45, 7) is 4.43. The molecule has 0 radical (unpaired) electrons. The van der Waals surface area contributed by atoms with Crippen molar-refractivity contribution in [1.29, 1.82) is 0 Å². The van der Waals surface area contributed by atoms with Crippen LogP contribution in [0.1, 0.15) is 58.8 Å². The van der Waals surface area contributed by atoms with Crippen LogP contribution in [0.25, 0.3) is 0 Å². The smallest absolute Gasteiger partial charge is 0.224 e. The molecule has 19 heavy (non-hydrogen) atoms. The monoisotopic (exact) mass is 282 g/mol. The van der Waals surface area contributed by atoms with Gasteiger partial charge in [0.1, 0.15) is 0 Å². The lowest BCUT2D eigenvalue weighted by atomic mass is 9.76. The first kappa shape index (κ1) is 14.8. The number of carbonyl (C=O) groups excluding carboxylic acids is 1. The van der Waals surface area contributed by atoms with Gasteiger partial charge >= 0.3 is 0 Å². The van der Waals surface area contributed by atoms with Crippen molar-refractivity contribution in [3.63, 3.8) is 0 Å². The van der Waals surface area contributed by atoms with E-state index in [0.29, 0.717) is 16.8 Å². The first-order valence-electron chi connectivity index (χ1n) is 7.56. The van der Waals surface area contributed by atoms with Gasteiger partial charge in [0.15, 0.2) is 0 Å². The predicted molar refractivity (Wildman–Crippen MR) is 81.8 cm³/mol. The van der Waals surface area contributed by atoms with Crippen LogP contribution in [0, 0.1) is 17.8 Å². The Labute approximate surface area is 121 Å². The number of thiocarbonyl (C=S) groups is 1. The maximum absolute atomic E-state index is 12.5. The minimum absolute atomic E-state index is 0.158. The molecule has 1 amide bonds. The molecule has 0 heterocycles. The zero-order chi connectivity index (χ0) is 14.0. The van der Waals surface area contributed by atoms with Gasteiger partial charge in [-0.05, 0) is 50.4 Å². The third-order valence-corrected chi connectivity index (χ3v) is 5.55. The van der Waals surface area contributed by atoms with Crippen LogP contribution in [0.3, 0.4) is 0 Å². The average Bonchev–Trinajstić information content (AvgIpc) is 2.78. The number of nitrogens with two attached hydrogens (primary N) is 1.